The van der Waals surface area contributed by atoms with Crippen molar-refractivity contribution in [1.82, 2.24) is 15.1 Å². The van der Waals surface area contributed by atoms with E-state index >= 15 is 0 Å². The van der Waals surface area contributed by atoms with E-state index in [2.05, 4.69) is 26.3 Å². The van der Waals surface area contributed by atoms with E-state index in [0.29, 0.717) is 6.04 Å². The minimum absolute atomic E-state index is 0.264. The molecule has 3 nitrogen and oxygen atoms in total. The van der Waals surface area contributed by atoms with Crippen molar-refractivity contribution in [3.63, 3.8) is 0 Å². The highest BCUT2D eigenvalue weighted by Crippen LogP contribution is 2.24. The molecule has 18 heavy (non-hydrogen) atoms. The summed E-state index contributed by atoms with van der Waals surface area (Å²) in [5.41, 5.74) is 2.23. The maximum Gasteiger partial charge on any atom is 0.0739 e. The molecule has 1 aliphatic rings. The third-order valence-electron chi connectivity index (χ3n) is 3.72. The molecule has 0 aromatic carbocycles. The second-order valence-corrected chi connectivity index (χ2v) is 6.46. The second-order valence-electron chi connectivity index (χ2n) is 5.11. The average molecular weight is 335 g/mol. The Bertz CT molecular complexity index is 405. The third kappa shape index (κ3) is 3.28. The number of alkyl halides is 1. The van der Waals surface area contributed by atoms with Crippen LogP contribution in [0, 0.1) is 6.92 Å². The lowest BCUT2D eigenvalue weighted by molar-refractivity contribution is 0.455. The molecule has 2 rings (SSSR count). The van der Waals surface area contributed by atoms with Gasteiger partial charge in [0.1, 0.15) is 0 Å². The summed E-state index contributed by atoms with van der Waals surface area (Å²) in [7, 11) is 1.99. The highest BCUT2D eigenvalue weighted by atomic mass is 79.9. The molecule has 0 bridgehead atoms. The van der Waals surface area contributed by atoms with E-state index in [0.717, 1.165) is 23.1 Å². The Balaban J connectivity index is 1.97. The van der Waals surface area contributed by atoms with Crippen molar-refractivity contribution >= 4 is 27.5 Å². The van der Waals surface area contributed by atoms with Gasteiger partial charge in [-0.1, -0.05) is 19.3 Å². The third-order valence-corrected chi connectivity index (χ3v) is 5.28. The van der Waals surface area contributed by atoms with E-state index in [1.165, 1.54) is 31.4 Å². The van der Waals surface area contributed by atoms with Crippen LogP contribution in [-0.4, -0.2) is 21.2 Å². The SMILES string of the molecule is Cc1nn(C)c(CNC2CCCCCC2Cl)c1Br. The van der Waals surface area contributed by atoms with Gasteiger partial charge in [0.25, 0.3) is 0 Å². The van der Waals surface area contributed by atoms with Crippen LogP contribution in [0.5, 0.6) is 0 Å². The number of hydrogen-bond donors (Lipinski definition) is 1. The Hall–Kier alpha value is -0.0600. The van der Waals surface area contributed by atoms with Gasteiger partial charge < -0.3 is 5.32 Å². The molecular weight excluding hydrogens is 314 g/mol. The number of rotatable bonds is 3. The molecule has 1 heterocycles. The fourth-order valence-electron chi connectivity index (χ4n) is 2.59. The fraction of sp³-hybridized carbons (Fsp3) is 0.769. The molecule has 1 aromatic heterocycles. The maximum atomic E-state index is 6.44. The molecule has 0 aliphatic heterocycles. The Morgan fingerprint density at radius 1 is 1.39 bits per heavy atom. The predicted molar refractivity (Wildman–Crippen MR) is 79.0 cm³/mol. The molecule has 0 saturated heterocycles. The van der Waals surface area contributed by atoms with Crippen LogP contribution < -0.4 is 5.32 Å². The van der Waals surface area contributed by atoms with Gasteiger partial charge in [-0.15, -0.1) is 11.6 Å². The lowest BCUT2D eigenvalue weighted by atomic mass is 10.1. The van der Waals surface area contributed by atoms with Gasteiger partial charge in [-0.05, 0) is 35.7 Å². The van der Waals surface area contributed by atoms with E-state index in [-0.39, 0.29) is 5.38 Å². The van der Waals surface area contributed by atoms with Crippen LogP contribution in [-0.2, 0) is 13.6 Å². The highest BCUT2D eigenvalue weighted by Gasteiger charge is 2.22. The number of aryl methyl sites for hydroxylation is 2. The minimum atomic E-state index is 0.264. The molecule has 0 amide bonds. The smallest absolute Gasteiger partial charge is 0.0739 e. The number of nitrogens with zero attached hydrogens (tertiary/aromatic N) is 2. The number of hydrogen-bond acceptors (Lipinski definition) is 2. The molecular formula is C13H21BrClN3. The second kappa shape index (κ2) is 6.40. The quantitative estimate of drug-likeness (QED) is 0.677. The first-order valence-corrected chi connectivity index (χ1v) is 7.88. The van der Waals surface area contributed by atoms with Gasteiger partial charge in [0, 0.05) is 25.0 Å². The largest absolute Gasteiger partial charge is 0.307 e. The summed E-state index contributed by atoms with van der Waals surface area (Å²) >= 11 is 10.0. The van der Waals surface area contributed by atoms with Crippen molar-refractivity contribution in [2.75, 3.05) is 0 Å². The van der Waals surface area contributed by atoms with Crippen molar-refractivity contribution in [1.29, 1.82) is 0 Å². The highest BCUT2D eigenvalue weighted by molar-refractivity contribution is 9.10. The van der Waals surface area contributed by atoms with Gasteiger partial charge in [0.2, 0.25) is 0 Å². The predicted octanol–water partition coefficient (Wildman–Crippen LogP) is 3.52. The summed E-state index contributed by atoms with van der Waals surface area (Å²) in [5, 5.41) is 8.27. The number of nitrogens with one attached hydrogen (secondary N) is 1. The number of halogens is 2. The summed E-state index contributed by atoms with van der Waals surface area (Å²) < 4.78 is 3.05. The van der Waals surface area contributed by atoms with Gasteiger partial charge >= 0.3 is 0 Å². The van der Waals surface area contributed by atoms with Gasteiger partial charge in [0.05, 0.1) is 15.9 Å². The molecule has 1 fully saturated rings. The van der Waals surface area contributed by atoms with Gasteiger partial charge in [-0.2, -0.15) is 5.10 Å². The molecule has 2 atom stereocenters. The van der Waals surface area contributed by atoms with Gasteiger partial charge in [-0.3, -0.25) is 4.68 Å². The Kier molecular flexibility index (Phi) is 5.10. The van der Waals surface area contributed by atoms with E-state index in [1.807, 2.05) is 18.7 Å². The van der Waals surface area contributed by atoms with Crippen molar-refractivity contribution in [2.24, 2.45) is 7.05 Å². The summed E-state index contributed by atoms with van der Waals surface area (Å²) in [4.78, 5) is 0. The normalized spacial score (nSPS) is 25.1. The summed E-state index contributed by atoms with van der Waals surface area (Å²) in [6.07, 6.45) is 6.18. The molecule has 2 unspecified atom stereocenters. The standard InChI is InChI=1S/C13H21BrClN3/c1-9-13(14)12(18(2)17-9)8-16-11-7-5-3-4-6-10(11)15/h10-11,16H,3-8H2,1-2H3. The molecule has 102 valence electrons. The summed E-state index contributed by atoms with van der Waals surface area (Å²) in [6, 6.07) is 0.427. The van der Waals surface area contributed by atoms with Crippen molar-refractivity contribution in [3.05, 3.63) is 15.9 Å². The molecule has 1 N–H and O–H groups in total. The van der Waals surface area contributed by atoms with Crippen LogP contribution in [0.15, 0.2) is 4.47 Å². The van der Waals surface area contributed by atoms with E-state index < -0.39 is 0 Å². The zero-order valence-electron chi connectivity index (χ0n) is 11.0. The zero-order chi connectivity index (χ0) is 13.1. The van der Waals surface area contributed by atoms with Crippen molar-refractivity contribution < 1.29 is 0 Å². The van der Waals surface area contributed by atoms with E-state index in [4.69, 9.17) is 11.6 Å². The Labute approximate surface area is 122 Å². The van der Waals surface area contributed by atoms with Gasteiger partial charge in [-0.25, -0.2) is 0 Å². The molecule has 0 spiro atoms. The monoisotopic (exact) mass is 333 g/mol. The van der Waals surface area contributed by atoms with Crippen LogP contribution in [0.2, 0.25) is 0 Å². The van der Waals surface area contributed by atoms with Crippen molar-refractivity contribution in [3.8, 4) is 0 Å². The molecule has 0 radical (unpaired) electrons. The van der Waals surface area contributed by atoms with E-state index in [9.17, 15) is 0 Å². The zero-order valence-corrected chi connectivity index (χ0v) is 13.4. The topological polar surface area (TPSA) is 29.9 Å². The molecule has 5 heteroatoms. The average Bonchev–Trinajstić information content (AvgIpc) is 2.51. The van der Waals surface area contributed by atoms with Crippen LogP contribution in [0.25, 0.3) is 0 Å². The van der Waals surface area contributed by atoms with Crippen molar-refractivity contribution in [2.45, 2.75) is 57.0 Å². The summed E-state index contributed by atoms with van der Waals surface area (Å²) in [5.74, 6) is 0. The van der Waals surface area contributed by atoms with Crippen LogP contribution >= 0.6 is 27.5 Å². The van der Waals surface area contributed by atoms with Crippen LogP contribution in [0.4, 0.5) is 0 Å². The lowest BCUT2D eigenvalue weighted by Gasteiger charge is -2.21. The Morgan fingerprint density at radius 2 is 2.11 bits per heavy atom. The first-order valence-electron chi connectivity index (χ1n) is 6.65. The minimum Gasteiger partial charge on any atom is -0.307 e. The molecule has 1 aromatic rings. The lowest BCUT2D eigenvalue weighted by Crippen LogP contribution is -2.36. The maximum absolute atomic E-state index is 6.44. The van der Waals surface area contributed by atoms with Crippen LogP contribution in [0.3, 0.4) is 0 Å². The molecule has 1 aliphatic carbocycles. The first kappa shape index (κ1) is 14.4. The first-order chi connectivity index (χ1) is 8.59. The van der Waals surface area contributed by atoms with Gasteiger partial charge in [0.15, 0.2) is 0 Å². The Morgan fingerprint density at radius 3 is 2.78 bits per heavy atom. The molecule has 1 saturated carbocycles. The fourth-order valence-corrected chi connectivity index (χ4v) is 3.44. The summed E-state index contributed by atoms with van der Waals surface area (Å²) in [6.45, 7) is 2.84. The number of aromatic nitrogens is 2. The van der Waals surface area contributed by atoms with E-state index in [1.54, 1.807) is 0 Å². The van der Waals surface area contributed by atoms with Crippen LogP contribution in [0.1, 0.15) is 43.5 Å².